The molecular weight excluding hydrogens is 324 g/mol. The van der Waals surface area contributed by atoms with Crippen molar-refractivity contribution in [3.8, 4) is 0 Å². The van der Waals surface area contributed by atoms with Gasteiger partial charge in [-0.1, -0.05) is 5.16 Å². The van der Waals surface area contributed by atoms with Gasteiger partial charge in [0.25, 0.3) is 5.91 Å². The Labute approximate surface area is 147 Å². The van der Waals surface area contributed by atoms with Crippen molar-refractivity contribution in [3.63, 3.8) is 0 Å². The first-order valence-corrected chi connectivity index (χ1v) is 8.82. The van der Waals surface area contributed by atoms with Crippen LogP contribution in [0.3, 0.4) is 0 Å². The third-order valence-electron chi connectivity index (χ3n) is 5.12. The smallest absolute Gasteiger partial charge is 0.277 e. The second kappa shape index (κ2) is 7.53. The summed E-state index contributed by atoms with van der Waals surface area (Å²) in [6.45, 7) is 3.42. The Morgan fingerprint density at radius 3 is 2.76 bits per heavy atom. The van der Waals surface area contributed by atoms with Crippen molar-refractivity contribution in [1.82, 2.24) is 20.3 Å². The van der Waals surface area contributed by atoms with E-state index in [1.54, 1.807) is 18.0 Å². The minimum Gasteiger partial charge on any atom is -0.382 e. The van der Waals surface area contributed by atoms with E-state index in [1.165, 1.54) is 20.0 Å². The fourth-order valence-electron chi connectivity index (χ4n) is 3.89. The van der Waals surface area contributed by atoms with Gasteiger partial charge in [0.1, 0.15) is 5.54 Å². The molecule has 0 aliphatic carbocycles. The topological polar surface area (TPSA) is 87.9 Å². The van der Waals surface area contributed by atoms with E-state index in [-0.39, 0.29) is 24.1 Å². The minimum atomic E-state index is -0.978. The number of nitrogens with one attached hydrogen (secondary N) is 1. The summed E-state index contributed by atoms with van der Waals surface area (Å²) >= 11 is 0. The van der Waals surface area contributed by atoms with E-state index >= 15 is 0 Å². The lowest BCUT2D eigenvalue weighted by atomic mass is 9.95. The maximum atomic E-state index is 13.0. The van der Waals surface area contributed by atoms with Gasteiger partial charge in [-0.25, -0.2) is 0 Å². The summed E-state index contributed by atoms with van der Waals surface area (Å²) in [6.07, 6.45) is 3.71. The molecule has 2 aliphatic rings. The first kappa shape index (κ1) is 17.9. The van der Waals surface area contributed by atoms with Gasteiger partial charge in [0.15, 0.2) is 11.5 Å². The highest BCUT2D eigenvalue weighted by molar-refractivity contribution is 5.98. The monoisotopic (exact) mass is 350 g/mol. The van der Waals surface area contributed by atoms with Gasteiger partial charge in [-0.05, 0) is 38.8 Å². The molecule has 0 radical (unpaired) electrons. The maximum Gasteiger partial charge on any atom is 0.277 e. The summed E-state index contributed by atoms with van der Waals surface area (Å²) in [5.74, 6) is 0.192. The van der Waals surface area contributed by atoms with Gasteiger partial charge in [-0.3, -0.25) is 14.5 Å². The zero-order chi connectivity index (χ0) is 17.9. The van der Waals surface area contributed by atoms with E-state index in [4.69, 9.17) is 9.26 Å². The van der Waals surface area contributed by atoms with Gasteiger partial charge < -0.3 is 19.5 Å². The maximum absolute atomic E-state index is 13.0. The van der Waals surface area contributed by atoms with Gasteiger partial charge in [0.2, 0.25) is 5.91 Å². The van der Waals surface area contributed by atoms with E-state index in [0.29, 0.717) is 25.3 Å². The van der Waals surface area contributed by atoms with Gasteiger partial charge in [0, 0.05) is 26.8 Å². The van der Waals surface area contributed by atoms with Crippen LogP contribution in [-0.4, -0.2) is 72.7 Å². The molecule has 2 fully saturated rings. The first-order chi connectivity index (χ1) is 12.1. The molecule has 3 rings (SSSR count). The van der Waals surface area contributed by atoms with E-state index in [2.05, 4.69) is 15.4 Å². The molecule has 25 heavy (non-hydrogen) atoms. The molecule has 1 aromatic heterocycles. The Bertz CT molecular complexity index is 626. The molecule has 2 aliphatic heterocycles. The minimum absolute atomic E-state index is 0.164. The van der Waals surface area contributed by atoms with Crippen LogP contribution in [-0.2, 0) is 16.1 Å². The number of likely N-dealkylation sites (tertiary alicyclic amines) is 2. The number of likely N-dealkylation sites (N-methyl/N-ethyl adjacent to an activating group) is 1. The van der Waals surface area contributed by atoms with Crippen LogP contribution in [0.5, 0.6) is 0 Å². The van der Waals surface area contributed by atoms with E-state index in [0.717, 1.165) is 19.5 Å². The predicted molar refractivity (Wildman–Crippen MR) is 90.0 cm³/mol. The molecule has 0 bridgehead atoms. The lowest BCUT2D eigenvalue weighted by Gasteiger charge is -2.35. The number of hydrogen-bond donors (Lipinski definition) is 1. The van der Waals surface area contributed by atoms with E-state index in [9.17, 15) is 9.59 Å². The second-order valence-corrected chi connectivity index (χ2v) is 6.77. The summed E-state index contributed by atoms with van der Waals surface area (Å²) < 4.78 is 10.6. The Morgan fingerprint density at radius 1 is 1.32 bits per heavy atom. The number of amides is 2. The number of aromatic nitrogens is 1. The molecule has 138 valence electrons. The van der Waals surface area contributed by atoms with Gasteiger partial charge in [-0.2, -0.15) is 0 Å². The number of nitrogens with zero attached hydrogens (tertiary/aromatic N) is 3. The van der Waals surface area contributed by atoms with Crippen molar-refractivity contribution in [1.29, 1.82) is 0 Å². The number of carbonyl (C=O) groups is 2. The predicted octanol–water partition coefficient (Wildman–Crippen LogP) is 0.638. The van der Waals surface area contributed by atoms with Crippen molar-refractivity contribution >= 4 is 11.8 Å². The number of methoxy groups -OCH3 is 1. The SMILES string of the molecule is CNC(=O)C1(COC)CCCN1C(=O)c1cc(CN2CCCC2)on1. The highest BCUT2D eigenvalue weighted by Gasteiger charge is 2.50. The fraction of sp³-hybridized carbons (Fsp3) is 0.706. The van der Waals surface area contributed by atoms with Crippen LogP contribution in [0.4, 0.5) is 0 Å². The summed E-state index contributed by atoms with van der Waals surface area (Å²) in [7, 11) is 3.11. The Kier molecular flexibility index (Phi) is 5.39. The molecule has 2 saturated heterocycles. The van der Waals surface area contributed by atoms with Crippen molar-refractivity contribution in [3.05, 3.63) is 17.5 Å². The Balaban J connectivity index is 1.76. The van der Waals surface area contributed by atoms with Crippen LogP contribution in [0.1, 0.15) is 41.9 Å². The quantitative estimate of drug-likeness (QED) is 0.810. The summed E-state index contributed by atoms with van der Waals surface area (Å²) in [4.78, 5) is 29.3. The molecule has 1 N–H and O–H groups in total. The lowest BCUT2D eigenvalue weighted by molar-refractivity contribution is -0.133. The summed E-state index contributed by atoms with van der Waals surface area (Å²) in [5.41, 5.74) is -0.727. The van der Waals surface area contributed by atoms with Crippen LogP contribution in [0, 0.1) is 0 Å². The zero-order valence-corrected chi connectivity index (χ0v) is 14.9. The molecule has 1 atom stereocenters. The third-order valence-corrected chi connectivity index (χ3v) is 5.12. The number of rotatable bonds is 6. The highest BCUT2D eigenvalue weighted by Crippen LogP contribution is 2.31. The summed E-state index contributed by atoms with van der Waals surface area (Å²) in [6, 6.07) is 1.69. The molecule has 0 saturated carbocycles. The zero-order valence-electron chi connectivity index (χ0n) is 14.9. The van der Waals surface area contributed by atoms with Crippen LogP contribution in [0.2, 0.25) is 0 Å². The number of carbonyl (C=O) groups excluding carboxylic acids is 2. The van der Waals surface area contributed by atoms with Crippen molar-refractivity contribution < 1.29 is 18.8 Å². The first-order valence-electron chi connectivity index (χ1n) is 8.82. The average Bonchev–Trinajstić information content (AvgIpc) is 3.35. The molecule has 1 unspecified atom stereocenters. The largest absolute Gasteiger partial charge is 0.382 e. The molecule has 0 spiro atoms. The van der Waals surface area contributed by atoms with Crippen LogP contribution in [0.25, 0.3) is 0 Å². The number of hydrogen-bond acceptors (Lipinski definition) is 6. The van der Waals surface area contributed by atoms with E-state index in [1.807, 2.05) is 0 Å². The summed E-state index contributed by atoms with van der Waals surface area (Å²) in [5, 5.41) is 6.61. The highest BCUT2D eigenvalue weighted by atomic mass is 16.5. The fourth-order valence-corrected chi connectivity index (χ4v) is 3.89. The van der Waals surface area contributed by atoms with Crippen LogP contribution >= 0.6 is 0 Å². The molecule has 0 aromatic carbocycles. The van der Waals surface area contributed by atoms with Crippen LogP contribution < -0.4 is 5.32 Å². The molecule has 1 aromatic rings. The van der Waals surface area contributed by atoms with Crippen molar-refractivity contribution in [2.75, 3.05) is 40.4 Å². The van der Waals surface area contributed by atoms with Gasteiger partial charge in [0.05, 0.1) is 13.2 Å². The van der Waals surface area contributed by atoms with Gasteiger partial charge in [-0.15, -0.1) is 0 Å². The normalized spacial score (nSPS) is 24.0. The average molecular weight is 350 g/mol. The number of ether oxygens (including phenoxy) is 1. The van der Waals surface area contributed by atoms with Crippen molar-refractivity contribution in [2.45, 2.75) is 37.8 Å². The molecule has 2 amide bonds. The Morgan fingerprint density at radius 2 is 2.08 bits per heavy atom. The molecule has 8 nitrogen and oxygen atoms in total. The molecule has 3 heterocycles. The lowest BCUT2D eigenvalue weighted by Crippen LogP contribution is -2.59. The molecular formula is C17H26N4O4. The third kappa shape index (κ3) is 3.41. The van der Waals surface area contributed by atoms with Crippen LogP contribution in [0.15, 0.2) is 10.6 Å². The second-order valence-electron chi connectivity index (χ2n) is 6.77. The molecule has 8 heteroatoms. The standard InChI is InChI=1S/C17H26N4O4/c1-18-16(23)17(12-24-2)6-5-9-21(17)15(22)14-10-13(25-19-14)11-20-7-3-4-8-20/h10H,3-9,11-12H2,1-2H3,(H,18,23). The van der Waals surface area contributed by atoms with Gasteiger partial charge >= 0.3 is 0 Å². The van der Waals surface area contributed by atoms with E-state index < -0.39 is 5.54 Å². The van der Waals surface area contributed by atoms with Crippen molar-refractivity contribution in [2.24, 2.45) is 0 Å². The Hall–Kier alpha value is -1.93.